The van der Waals surface area contributed by atoms with E-state index < -0.39 is 30.7 Å². The van der Waals surface area contributed by atoms with Gasteiger partial charge in [0.25, 0.3) is 0 Å². The van der Waals surface area contributed by atoms with E-state index >= 15 is 0 Å². The predicted molar refractivity (Wildman–Crippen MR) is 123 cm³/mol. The van der Waals surface area contributed by atoms with Gasteiger partial charge >= 0.3 is 0 Å². The van der Waals surface area contributed by atoms with Gasteiger partial charge in [-0.2, -0.15) is 0 Å². The number of ether oxygens (including phenoxy) is 6. The maximum atomic E-state index is 10.0. The average molecular weight is 473 g/mol. The van der Waals surface area contributed by atoms with E-state index in [1.165, 1.54) is 0 Å². The fraction of sp³-hybridized carbons (Fsp3) is 0.462. The van der Waals surface area contributed by atoms with Crippen LogP contribution < -0.4 is 0 Å². The molecule has 0 amide bonds. The van der Waals surface area contributed by atoms with Crippen LogP contribution in [0.4, 0.5) is 0 Å². The number of hydrogen-bond donors (Lipinski definition) is 2. The third-order valence-electron chi connectivity index (χ3n) is 5.25. The van der Waals surface area contributed by atoms with Gasteiger partial charge in [0, 0.05) is 0 Å². The zero-order valence-corrected chi connectivity index (χ0v) is 19.0. The third kappa shape index (κ3) is 7.87. The Balaban J connectivity index is 1.82. The number of hydrogen-bond acceptors (Lipinski definition) is 8. The molecule has 0 aromatic heterocycles. The molecule has 1 fully saturated rings. The molecule has 0 bridgehead atoms. The monoisotopic (exact) mass is 472 g/mol. The molecule has 8 nitrogen and oxygen atoms in total. The van der Waals surface area contributed by atoms with Crippen molar-refractivity contribution in [1.82, 2.24) is 0 Å². The summed E-state index contributed by atoms with van der Waals surface area (Å²) in [4.78, 5) is 0. The van der Waals surface area contributed by atoms with E-state index in [0.717, 1.165) is 11.1 Å². The Morgan fingerprint density at radius 2 is 1.41 bits per heavy atom. The van der Waals surface area contributed by atoms with Gasteiger partial charge in [0.15, 0.2) is 6.29 Å². The van der Waals surface area contributed by atoms with Gasteiger partial charge in [0.1, 0.15) is 37.8 Å². The van der Waals surface area contributed by atoms with E-state index in [1.807, 2.05) is 60.7 Å². The van der Waals surface area contributed by atoms with E-state index in [0.29, 0.717) is 6.61 Å². The van der Waals surface area contributed by atoms with Gasteiger partial charge in [-0.25, -0.2) is 0 Å². The fourth-order valence-electron chi connectivity index (χ4n) is 3.64. The lowest BCUT2D eigenvalue weighted by atomic mass is 9.98. The molecule has 1 aliphatic rings. The van der Waals surface area contributed by atoms with Crippen LogP contribution >= 0.6 is 0 Å². The molecule has 0 radical (unpaired) electrons. The standard InChI is InChI=1S/C26H32O8/c1-2-14-30-23-22(16-28)34-26(33-19-29-15-13-27)25(32-18-21-11-7-4-8-12-21)24(23)31-17-20-9-5-3-6-10-20/h1,3-12,22-28H,13-19H2/t22?,23-,24?,25+,26+/m1/s1. The molecule has 0 spiro atoms. The zero-order chi connectivity index (χ0) is 24.0. The van der Waals surface area contributed by atoms with E-state index in [-0.39, 0.29) is 39.8 Å². The Hall–Kier alpha value is -2.32. The second kappa shape index (κ2) is 14.8. The van der Waals surface area contributed by atoms with E-state index in [9.17, 15) is 5.11 Å². The predicted octanol–water partition coefficient (Wildman–Crippen LogP) is 1.88. The summed E-state index contributed by atoms with van der Waals surface area (Å²) >= 11 is 0. The van der Waals surface area contributed by atoms with Crippen molar-refractivity contribution in [1.29, 1.82) is 0 Å². The van der Waals surface area contributed by atoms with Crippen LogP contribution in [-0.4, -0.2) is 74.1 Å². The minimum Gasteiger partial charge on any atom is -0.394 e. The molecular weight excluding hydrogens is 440 g/mol. The Morgan fingerprint density at radius 1 is 0.794 bits per heavy atom. The Kier molecular flexibility index (Phi) is 11.5. The molecule has 0 aliphatic carbocycles. The van der Waals surface area contributed by atoms with Crippen molar-refractivity contribution in [2.75, 3.05) is 33.2 Å². The Labute approximate surface area is 200 Å². The summed E-state index contributed by atoms with van der Waals surface area (Å²) in [5, 5.41) is 19.0. The van der Waals surface area contributed by atoms with E-state index in [2.05, 4.69) is 5.92 Å². The van der Waals surface area contributed by atoms with Gasteiger partial charge in [-0.15, -0.1) is 6.42 Å². The summed E-state index contributed by atoms with van der Waals surface area (Å²) in [7, 11) is 0. The fourth-order valence-corrected chi connectivity index (χ4v) is 3.64. The Bertz CT molecular complexity index is 841. The molecule has 1 heterocycles. The summed E-state index contributed by atoms with van der Waals surface area (Å²) in [6.07, 6.45) is 1.69. The molecule has 1 saturated heterocycles. The lowest BCUT2D eigenvalue weighted by molar-refractivity contribution is -0.336. The van der Waals surface area contributed by atoms with Gasteiger partial charge in [0.05, 0.1) is 33.0 Å². The molecule has 8 heteroatoms. The molecule has 2 aromatic rings. The van der Waals surface area contributed by atoms with Crippen molar-refractivity contribution in [3.05, 3.63) is 71.8 Å². The molecule has 5 atom stereocenters. The molecule has 2 aromatic carbocycles. The molecular formula is C26H32O8. The maximum absolute atomic E-state index is 10.0. The molecule has 0 saturated carbocycles. The van der Waals surface area contributed by atoms with Gasteiger partial charge in [-0.3, -0.25) is 0 Å². The first-order valence-electron chi connectivity index (χ1n) is 11.2. The quantitative estimate of drug-likeness (QED) is 0.245. The van der Waals surface area contributed by atoms with Gasteiger partial charge in [0.2, 0.25) is 0 Å². The van der Waals surface area contributed by atoms with Crippen molar-refractivity contribution >= 4 is 0 Å². The van der Waals surface area contributed by atoms with Crippen molar-refractivity contribution in [3.63, 3.8) is 0 Å². The smallest absolute Gasteiger partial charge is 0.189 e. The first-order valence-corrected chi connectivity index (χ1v) is 11.2. The van der Waals surface area contributed by atoms with Gasteiger partial charge in [-0.1, -0.05) is 66.6 Å². The lowest BCUT2D eigenvalue weighted by Crippen LogP contribution is -2.61. The minimum absolute atomic E-state index is 0.0201. The van der Waals surface area contributed by atoms with E-state index in [1.54, 1.807) is 0 Å². The number of aliphatic hydroxyl groups excluding tert-OH is 2. The highest BCUT2D eigenvalue weighted by molar-refractivity contribution is 5.14. The van der Waals surface area contributed by atoms with Crippen LogP contribution in [-0.2, 0) is 41.6 Å². The van der Waals surface area contributed by atoms with E-state index in [4.69, 9.17) is 40.0 Å². The zero-order valence-electron chi connectivity index (χ0n) is 19.0. The first kappa shape index (κ1) is 26.3. The lowest BCUT2D eigenvalue weighted by Gasteiger charge is -2.45. The second-order valence-corrected chi connectivity index (χ2v) is 7.64. The summed E-state index contributed by atoms with van der Waals surface area (Å²) in [6, 6.07) is 19.4. The number of rotatable bonds is 14. The SMILES string of the molecule is C#CCO[C@@H]1C(CO)O[C@H](OCOCCO)[C@@H](OCc2ccccc2)C1OCc1ccccc1. The van der Waals surface area contributed by atoms with Crippen molar-refractivity contribution < 1.29 is 38.6 Å². The summed E-state index contributed by atoms with van der Waals surface area (Å²) in [5.41, 5.74) is 1.93. The molecule has 3 rings (SSSR count). The molecule has 2 N–H and O–H groups in total. The van der Waals surface area contributed by atoms with Crippen LogP contribution in [0.25, 0.3) is 0 Å². The van der Waals surface area contributed by atoms with Crippen LogP contribution in [0.5, 0.6) is 0 Å². The molecule has 1 aliphatic heterocycles. The number of terminal acetylenes is 1. The van der Waals surface area contributed by atoms with Crippen molar-refractivity contribution in [2.24, 2.45) is 0 Å². The van der Waals surface area contributed by atoms with Crippen LogP contribution in [0.1, 0.15) is 11.1 Å². The van der Waals surface area contributed by atoms with Crippen LogP contribution in [0.2, 0.25) is 0 Å². The topological polar surface area (TPSA) is 95.8 Å². The summed E-state index contributed by atoms with van der Waals surface area (Å²) < 4.78 is 35.4. The van der Waals surface area contributed by atoms with Crippen LogP contribution in [0.15, 0.2) is 60.7 Å². The maximum Gasteiger partial charge on any atom is 0.189 e. The normalized spacial score (nSPS) is 24.6. The van der Waals surface area contributed by atoms with Crippen LogP contribution in [0, 0.1) is 12.3 Å². The summed E-state index contributed by atoms with van der Waals surface area (Å²) in [5.74, 6) is 2.46. The van der Waals surface area contributed by atoms with Crippen molar-refractivity contribution in [3.8, 4) is 12.3 Å². The second-order valence-electron chi connectivity index (χ2n) is 7.64. The minimum atomic E-state index is -0.911. The van der Waals surface area contributed by atoms with Gasteiger partial charge in [-0.05, 0) is 11.1 Å². The van der Waals surface area contributed by atoms with Gasteiger partial charge < -0.3 is 38.6 Å². The highest BCUT2D eigenvalue weighted by Crippen LogP contribution is 2.30. The molecule has 2 unspecified atom stereocenters. The van der Waals surface area contributed by atoms with Crippen molar-refractivity contribution in [2.45, 2.75) is 43.9 Å². The molecule has 34 heavy (non-hydrogen) atoms. The molecule has 184 valence electrons. The summed E-state index contributed by atoms with van der Waals surface area (Å²) in [6.45, 7) is 0.118. The largest absolute Gasteiger partial charge is 0.394 e. The number of aliphatic hydroxyl groups is 2. The Morgan fingerprint density at radius 3 is 1.97 bits per heavy atom. The highest BCUT2D eigenvalue weighted by Gasteiger charge is 2.48. The number of benzene rings is 2. The first-order chi connectivity index (χ1) is 16.8. The van der Waals surface area contributed by atoms with Crippen LogP contribution in [0.3, 0.4) is 0 Å². The highest BCUT2D eigenvalue weighted by atomic mass is 16.8. The third-order valence-corrected chi connectivity index (χ3v) is 5.25. The average Bonchev–Trinajstić information content (AvgIpc) is 2.89.